The highest BCUT2D eigenvalue weighted by Crippen LogP contribution is 2.01. The first-order chi connectivity index (χ1) is 5.61. The third-order valence-corrected chi connectivity index (χ3v) is 1.54. The van der Waals surface area contributed by atoms with Crippen LogP contribution in [0.25, 0.3) is 0 Å². The summed E-state index contributed by atoms with van der Waals surface area (Å²) in [7, 11) is 3.43. The van der Waals surface area contributed by atoms with Gasteiger partial charge >= 0.3 is 0 Å². The Labute approximate surface area is 72.0 Å². The van der Waals surface area contributed by atoms with Gasteiger partial charge in [0.1, 0.15) is 5.69 Å². The molecule has 0 fully saturated rings. The molecule has 0 radical (unpaired) electrons. The van der Waals surface area contributed by atoms with Crippen molar-refractivity contribution in [3.8, 4) is 0 Å². The van der Waals surface area contributed by atoms with Gasteiger partial charge in [0.05, 0.1) is 0 Å². The van der Waals surface area contributed by atoms with Gasteiger partial charge in [0.2, 0.25) is 0 Å². The van der Waals surface area contributed by atoms with Gasteiger partial charge in [-0.25, -0.2) is 0 Å². The van der Waals surface area contributed by atoms with E-state index in [1.807, 2.05) is 13.0 Å². The van der Waals surface area contributed by atoms with Crippen molar-refractivity contribution < 1.29 is 4.79 Å². The SMILES string of the molecule is Cc1ccnc(C(=O)N(C)C)c1. The van der Waals surface area contributed by atoms with Crippen molar-refractivity contribution in [2.24, 2.45) is 0 Å². The number of amides is 1. The van der Waals surface area contributed by atoms with Crippen molar-refractivity contribution in [1.82, 2.24) is 9.88 Å². The van der Waals surface area contributed by atoms with Gasteiger partial charge in [-0.3, -0.25) is 9.78 Å². The molecule has 1 aromatic rings. The van der Waals surface area contributed by atoms with Crippen LogP contribution in [0.3, 0.4) is 0 Å². The fraction of sp³-hybridized carbons (Fsp3) is 0.333. The Kier molecular flexibility index (Phi) is 2.43. The second-order valence-corrected chi connectivity index (χ2v) is 2.92. The van der Waals surface area contributed by atoms with Crippen LogP contribution in [0.2, 0.25) is 0 Å². The van der Waals surface area contributed by atoms with E-state index in [4.69, 9.17) is 0 Å². The van der Waals surface area contributed by atoms with E-state index in [-0.39, 0.29) is 5.91 Å². The van der Waals surface area contributed by atoms with Gasteiger partial charge in [0.15, 0.2) is 0 Å². The number of aromatic nitrogens is 1. The Morgan fingerprint density at radius 2 is 2.17 bits per heavy atom. The summed E-state index contributed by atoms with van der Waals surface area (Å²) < 4.78 is 0. The zero-order valence-corrected chi connectivity index (χ0v) is 7.53. The third-order valence-electron chi connectivity index (χ3n) is 1.54. The first-order valence-corrected chi connectivity index (χ1v) is 3.75. The maximum Gasteiger partial charge on any atom is 0.271 e. The lowest BCUT2D eigenvalue weighted by molar-refractivity contribution is 0.0822. The first-order valence-electron chi connectivity index (χ1n) is 3.75. The maximum absolute atomic E-state index is 11.4. The molecule has 3 heteroatoms. The number of carbonyl (C=O) groups excluding carboxylic acids is 1. The standard InChI is InChI=1S/C9H12N2O/c1-7-4-5-10-8(6-7)9(12)11(2)3/h4-6H,1-3H3. The summed E-state index contributed by atoms with van der Waals surface area (Å²) in [5.41, 5.74) is 1.55. The van der Waals surface area contributed by atoms with Crippen LogP contribution in [-0.4, -0.2) is 29.9 Å². The van der Waals surface area contributed by atoms with Crippen molar-refractivity contribution >= 4 is 5.91 Å². The summed E-state index contributed by atoms with van der Waals surface area (Å²) >= 11 is 0. The minimum atomic E-state index is -0.0568. The number of carbonyl (C=O) groups is 1. The lowest BCUT2D eigenvalue weighted by Gasteiger charge is -2.08. The minimum absolute atomic E-state index is 0.0568. The minimum Gasteiger partial charge on any atom is -0.343 e. The molecule has 0 aromatic carbocycles. The van der Waals surface area contributed by atoms with Crippen LogP contribution in [-0.2, 0) is 0 Å². The zero-order valence-electron chi connectivity index (χ0n) is 7.53. The molecule has 64 valence electrons. The summed E-state index contributed by atoms with van der Waals surface area (Å²) in [5.74, 6) is -0.0568. The van der Waals surface area contributed by atoms with Gasteiger partial charge in [0, 0.05) is 20.3 Å². The van der Waals surface area contributed by atoms with E-state index in [0.29, 0.717) is 5.69 Å². The first kappa shape index (κ1) is 8.71. The molecule has 0 aliphatic rings. The van der Waals surface area contributed by atoms with Crippen LogP contribution in [0.15, 0.2) is 18.3 Å². The van der Waals surface area contributed by atoms with Crippen molar-refractivity contribution in [3.05, 3.63) is 29.6 Å². The van der Waals surface area contributed by atoms with Gasteiger partial charge in [-0.2, -0.15) is 0 Å². The van der Waals surface area contributed by atoms with Crippen LogP contribution in [0.1, 0.15) is 16.1 Å². The molecule has 1 aromatic heterocycles. The Bertz CT molecular complexity index is 294. The van der Waals surface area contributed by atoms with Crippen molar-refractivity contribution in [2.75, 3.05) is 14.1 Å². The molecule has 1 rings (SSSR count). The summed E-state index contributed by atoms with van der Waals surface area (Å²) in [5, 5.41) is 0. The van der Waals surface area contributed by atoms with Crippen molar-refractivity contribution in [2.45, 2.75) is 6.92 Å². The second kappa shape index (κ2) is 3.34. The third kappa shape index (κ3) is 1.81. The quantitative estimate of drug-likeness (QED) is 0.622. The van der Waals surface area contributed by atoms with E-state index in [1.54, 1.807) is 26.4 Å². The average molecular weight is 164 g/mol. The molecular formula is C9H12N2O. The molecule has 0 saturated heterocycles. The van der Waals surface area contributed by atoms with E-state index in [0.717, 1.165) is 5.56 Å². The number of aryl methyl sites for hydroxylation is 1. The summed E-state index contributed by atoms with van der Waals surface area (Å²) in [6.07, 6.45) is 1.64. The fourth-order valence-corrected chi connectivity index (χ4v) is 0.882. The fourth-order valence-electron chi connectivity index (χ4n) is 0.882. The molecule has 0 saturated carbocycles. The summed E-state index contributed by atoms with van der Waals surface area (Å²) in [4.78, 5) is 16.8. The Hall–Kier alpha value is -1.38. The normalized spacial score (nSPS) is 9.58. The number of pyridine rings is 1. The number of nitrogens with zero attached hydrogens (tertiary/aromatic N) is 2. The highest BCUT2D eigenvalue weighted by Gasteiger charge is 2.08. The molecule has 0 atom stereocenters. The number of hydrogen-bond donors (Lipinski definition) is 0. The summed E-state index contributed by atoms with van der Waals surface area (Å²) in [6, 6.07) is 3.65. The van der Waals surface area contributed by atoms with Crippen LogP contribution >= 0.6 is 0 Å². The molecule has 12 heavy (non-hydrogen) atoms. The Morgan fingerprint density at radius 3 is 2.67 bits per heavy atom. The zero-order chi connectivity index (χ0) is 9.14. The lowest BCUT2D eigenvalue weighted by atomic mass is 10.2. The van der Waals surface area contributed by atoms with E-state index in [9.17, 15) is 4.79 Å². The Morgan fingerprint density at radius 1 is 1.50 bits per heavy atom. The van der Waals surface area contributed by atoms with Gasteiger partial charge in [-0.05, 0) is 24.6 Å². The van der Waals surface area contributed by atoms with E-state index in [1.165, 1.54) is 4.90 Å². The summed E-state index contributed by atoms with van der Waals surface area (Å²) in [6.45, 7) is 1.94. The number of hydrogen-bond acceptors (Lipinski definition) is 2. The second-order valence-electron chi connectivity index (χ2n) is 2.92. The largest absolute Gasteiger partial charge is 0.343 e. The maximum atomic E-state index is 11.4. The highest BCUT2D eigenvalue weighted by atomic mass is 16.2. The molecule has 0 N–H and O–H groups in total. The number of rotatable bonds is 1. The predicted molar refractivity (Wildman–Crippen MR) is 47.0 cm³/mol. The van der Waals surface area contributed by atoms with Crippen LogP contribution in [0.5, 0.6) is 0 Å². The van der Waals surface area contributed by atoms with E-state index >= 15 is 0 Å². The van der Waals surface area contributed by atoms with Gasteiger partial charge in [-0.1, -0.05) is 0 Å². The van der Waals surface area contributed by atoms with Crippen LogP contribution in [0, 0.1) is 6.92 Å². The molecule has 1 amide bonds. The van der Waals surface area contributed by atoms with E-state index < -0.39 is 0 Å². The molecule has 0 bridgehead atoms. The van der Waals surface area contributed by atoms with Crippen molar-refractivity contribution in [3.63, 3.8) is 0 Å². The van der Waals surface area contributed by atoms with E-state index in [2.05, 4.69) is 4.98 Å². The van der Waals surface area contributed by atoms with Crippen molar-refractivity contribution in [1.29, 1.82) is 0 Å². The monoisotopic (exact) mass is 164 g/mol. The molecule has 0 aliphatic heterocycles. The Balaban J connectivity index is 2.96. The molecule has 0 aliphatic carbocycles. The molecule has 3 nitrogen and oxygen atoms in total. The van der Waals surface area contributed by atoms with Crippen LogP contribution < -0.4 is 0 Å². The van der Waals surface area contributed by atoms with Gasteiger partial charge in [-0.15, -0.1) is 0 Å². The molecule has 0 spiro atoms. The predicted octanol–water partition coefficient (Wildman–Crippen LogP) is 1.09. The molecular weight excluding hydrogens is 152 g/mol. The average Bonchev–Trinajstić information content (AvgIpc) is 2.03. The lowest BCUT2D eigenvalue weighted by Crippen LogP contribution is -2.22. The highest BCUT2D eigenvalue weighted by molar-refractivity contribution is 5.91. The van der Waals surface area contributed by atoms with Crippen LogP contribution in [0.4, 0.5) is 0 Å². The molecule has 0 unspecified atom stereocenters. The molecule has 1 heterocycles. The van der Waals surface area contributed by atoms with Gasteiger partial charge < -0.3 is 4.90 Å². The van der Waals surface area contributed by atoms with Gasteiger partial charge in [0.25, 0.3) is 5.91 Å². The smallest absolute Gasteiger partial charge is 0.271 e. The topological polar surface area (TPSA) is 33.2 Å².